The first kappa shape index (κ1) is 17.5. The Bertz CT molecular complexity index is 844. The molecule has 26 heavy (non-hydrogen) atoms. The highest BCUT2D eigenvalue weighted by atomic mass is 15.3. The van der Waals surface area contributed by atoms with E-state index in [2.05, 4.69) is 12.7 Å². The lowest BCUT2D eigenvalue weighted by Crippen LogP contribution is -2.20. The fourth-order valence-electron chi connectivity index (χ4n) is 2.67. The lowest BCUT2D eigenvalue weighted by Gasteiger charge is -2.20. The minimum absolute atomic E-state index is 0.618. The van der Waals surface area contributed by atoms with Gasteiger partial charge in [0.15, 0.2) is 11.6 Å². The molecule has 2 aromatic carbocycles. The van der Waals surface area contributed by atoms with Crippen molar-refractivity contribution >= 4 is 5.95 Å². The first-order chi connectivity index (χ1) is 12.7. The molecule has 4 heteroatoms. The predicted molar refractivity (Wildman–Crippen MR) is 108 cm³/mol. The highest BCUT2D eigenvalue weighted by molar-refractivity contribution is 5.63. The normalized spacial score (nSPS) is 11.2. The lowest BCUT2D eigenvalue weighted by molar-refractivity contribution is 0.931. The van der Waals surface area contributed by atoms with Crippen molar-refractivity contribution in [1.29, 1.82) is 0 Å². The Kier molecular flexibility index (Phi) is 5.54. The summed E-state index contributed by atoms with van der Waals surface area (Å²) >= 11 is 0. The zero-order chi connectivity index (χ0) is 18.4. The van der Waals surface area contributed by atoms with Crippen molar-refractivity contribution in [1.82, 2.24) is 15.0 Å². The molecule has 1 heterocycles. The van der Waals surface area contributed by atoms with E-state index in [9.17, 15) is 0 Å². The van der Waals surface area contributed by atoms with Crippen LogP contribution in [0, 0.1) is 0 Å². The van der Waals surface area contributed by atoms with Crippen molar-refractivity contribution in [3.05, 3.63) is 85.1 Å². The molecule has 0 N–H and O–H groups in total. The molecule has 0 aliphatic rings. The van der Waals surface area contributed by atoms with E-state index in [1.54, 1.807) is 0 Å². The van der Waals surface area contributed by atoms with E-state index in [1.807, 2.05) is 85.6 Å². The number of anilines is 1. The Labute approximate surface area is 154 Å². The van der Waals surface area contributed by atoms with Crippen LogP contribution in [0.3, 0.4) is 0 Å². The van der Waals surface area contributed by atoms with E-state index >= 15 is 0 Å². The first-order valence-corrected chi connectivity index (χ1v) is 8.59. The van der Waals surface area contributed by atoms with Crippen LogP contribution in [0.5, 0.6) is 0 Å². The summed E-state index contributed by atoms with van der Waals surface area (Å²) < 4.78 is 0. The highest BCUT2D eigenvalue weighted by Gasteiger charge is 2.14. The molecule has 0 aliphatic heterocycles. The number of benzene rings is 2. The Morgan fingerprint density at radius 1 is 0.885 bits per heavy atom. The Morgan fingerprint density at radius 3 is 1.81 bits per heavy atom. The van der Waals surface area contributed by atoms with Crippen LogP contribution < -0.4 is 4.90 Å². The molecule has 3 aromatic rings. The number of nitrogens with zero attached hydrogens (tertiary/aromatic N) is 4. The Morgan fingerprint density at radius 2 is 1.38 bits per heavy atom. The number of aromatic nitrogens is 3. The van der Waals surface area contributed by atoms with E-state index in [0.717, 1.165) is 23.2 Å². The molecule has 0 unspecified atom stereocenters. The van der Waals surface area contributed by atoms with Crippen molar-refractivity contribution in [2.45, 2.75) is 13.3 Å². The molecular formula is C22H22N4. The summed E-state index contributed by atoms with van der Waals surface area (Å²) in [6, 6.07) is 19.9. The molecular weight excluding hydrogens is 320 g/mol. The number of allylic oxidation sites excluding steroid dienone is 2. The first-order valence-electron chi connectivity index (χ1n) is 8.59. The van der Waals surface area contributed by atoms with Crippen LogP contribution in [0.1, 0.15) is 13.3 Å². The third kappa shape index (κ3) is 3.86. The zero-order valence-electron chi connectivity index (χ0n) is 15.1. The lowest BCUT2D eigenvalue weighted by atomic mass is 10.2. The maximum Gasteiger partial charge on any atom is 0.233 e. The third-order valence-electron chi connectivity index (χ3n) is 4.11. The summed E-state index contributed by atoms with van der Waals surface area (Å²) in [7, 11) is 1.97. The number of hydrogen-bond acceptors (Lipinski definition) is 4. The van der Waals surface area contributed by atoms with Crippen LogP contribution in [0.15, 0.2) is 85.1 Å². The van der Waals surface area contributed by atoms with Crippen molar-refractivity contribution < 1.29 is 0 Å². The molecule has 3 rings (SSSR count). The van der Waals surface area contributed by atoms with Crippen molar-refractivity contribution in [3.8, 4) is 22.8 Å². The molecule has 130 valence electrons. The average molecular weight is 342 g/mol. The third-order valence-corrected chi connectivity index (χ3v) is 4.11. The number of rotatable bonds is 6. The second-order valence-corrected chi connectivity index (χ2v) is 5.85. The molecule has 0 spiro atoms. The summed E-state index contributed by atoms with van der Waals surface area (Å²) in [6.45, 7) is 5.84. The quantitative estimate of drug-likeness (QED) is 0.583. The summed E-state index contributed by atoms with van der Waals surface area (Å²) in [5, 5.41) is 0. The molecule has 0 saturated carbocycles. The van der Waals surface area contributed by atoms with Gasteiger partial charge < -0.3 is 4.90 Å². The van der Waals surface area contributed by atoms with Gasteiger partial charge in [-0.05, 0) is 6.92 Å². The van der Waals surface area contributed by atoms with Crippen LogP contribution in [-0.2, 0) is 0 Å². The molecule has 0 aliphatic carbocycles. The van der Waals surface area contributed by atoms with Crippen LogP contribution in [0.2, 0.25) is 0 Å². The standard InChI is InChI=1S/C22H22N4/c1-4-12-19(5-2)26(3)22-24-20(17-13-8-6-9-14-17)23-21(25-22)18-15-10-7-11-16-18/h4-11,13-16H,1,12H2,2-3H3/b19-5-. The van der Waals surface area contributed by atoms with Gasteiger partial charge in [0.1, 0.15) is 0 Å². The molecule has 0 amide bonds. The van der Waals surface area contributed by atoms with Crippen LogP contribution in [0.4, 0.5) is 5.95 Å². The fraction of sp³-hybridized carbons (Fsp3) is 0.136. The molecule has 0 radical (unpaired) electrons. The largest absolute Gasteiger partial charge is 0.317 e. The van der Waals surface area contributed by atoms with E-state index in [0.29, 0.717) is 17.6 Å². The molecule has 0 saturated heterocycles. The molecule has 0 fully saturated rings. The second-order valence-electron chi connectivity index (χ2n) is 5.85. The molecule has 0 atom stereocenters. The van der Waals surface area contributed by atoms with Gasteiger partial charge in [0.2, 0.25) is 5.95 Å². The summed E-state index contributed by atoms with van der Waals surface area (Å²) in [6.07, 6.45) is 4.68. The maximum atomic E-state index is 4.71. The second kappa shape index (κ2) is 8.21. The molecule has 1 aromatic heterocycles. The van der Waals surface area contributed by atoms with E-state index in [1.165, 1.54) is 0 Å². The van der Waals surface area contributed by atoms with Crippen molar-refractivity contribution in [2.24, 2.45) is 0 Å². The van der Waals surface area contributed by atoms with E-state index < -0.39 is 0 Å². The van der Waals surface area contributed by atoms with Gasteiger partial charge in [-0.1, -0.05) is 72.8 Å². The molecule has 4 nitrogen and oxygen atoms in total. The van der Waals surface area contributed by atoms with E-state index in [-0.39, 0.29) is 0 Å². The van der Waals surface area contributed by atoms with Gasteiger partial charge in [-0.25, -0.2) is 4.98 Å². The Hall–Kier alpha value is -3.27. The minimum Gasteiger partial charge on any atom is -0.317 e. The number of hydrogen-bond donors (Lipinski definition) is 0. The van der Waals surface area contributed by atoms with Crippen LogP contribution >= 0.6 is 0 Å². The van der Waals surface area contributed by atoms with Gasteiger partial charge in [0.25, 0.3) is 0 Å². The summed E-state index contributed by atoms with van der Waals surface area (Å²) in [4.78, 5) is 16.1. The Balaban J connectivity index is 2.13. The zero-order valence-corrected chi connectivity index (χ0v) is 15.1. The maximum absolute atomic E-state index is 4.71. The smallest absolute Gasteiger partial charge is 0.233 e. The molecule has 0 bridgehead atoms. The summed E-state index contributed by atoms with van der Waals surface area (Å²) in [5.74, 6) is 1.94. The van der Waals surface area contributed by atoms with Crippen LogP contribution in [-0.4, -0.2) is 22.0 Å². The van der Waals surface area contributed by atoms with Gasteiger partial charge in [-0.3, -0.25) is 0 Å². The van der Waals surface area contributed by atoms with Gasteiger partial charge in [0.05, 0.1) is 0 Å². The predicted octanol–water partition coefficient (Wildman–Crippen LogP) is 5.12. The van der Waals surface area contributed by atoms with Crippen molar-refractivity contribution in [3.63, 3.8) is 0 Å². The average Bonchev–Trinajstić information content (AvgIpc) is 2.72. The van der Waals surface area contributed by atoms with E-state index in [4.69, 9.17) is 15.0 Å². The van der Waals surface area contributed by atoms with Gasteiger partial charge in [-0.2, -0.15) is 9.97 Å². The van der Waals surface area contributed by atoms with Crippen molar-refractivity contribution in [2.75, 3.05) is 11.9 Å². The summed E-state index contributed by atoms with van der Waals surface area (Å²) in [5.41, 5.74) is 3.02. The fourth-order valence-corrected chi connectivity index (χ4v) is 2.67. The topological polar surface area (TPSA) is 41.9 Å². The SMILES string of the molecule is C=CC/C(=C/C)N(C)c1nc(-c2ccccc2)nc(-c2ccccc2)n1. The monoisotopic (exact) mass is 342 g/mol. The highest BCUT2D eigenvalue weighted by Crippen LogP contribution is 2.24. The van der Waals surface area contributed by atoms with Gasteiger partial charge >= 0.3 is 0 Å². The van der Waals surface area contributed by atoms with Gasteiger partial charge in [0, 0.05) is 30.3 Å². The van der Waals surface area contributed by atoms with Crippen LogP contribution in [0.25, 0.3) is 22.8 Å². The van der Waals surface area contributed by atoms with Gasteiger partial charge in [-0.15, -0.1) is 6.58 Å². The minimum atomic E-state index is 0.618.